The van der Waals surface area contributed by atoms with Crippen LogP contribution in [0.2, 0.25) is 0 Å². The van der Waals surface area contributed by atoms with Gasteiger partial charge in [-0.15, -0.1) is 0 Å². The highest BCUT2D eigenvalue weighted by atomic mass is 16.5. The van der Waals surface area contributed by atoms with E-state index in [0.29, 0.717) is 30.2 Å². The quantitative estimate of drug-likeness (QED) is 0.591. The van der Waals surface area contributed by atoms with Crippen LogP contribution in [0, 0.1) is 16.9 Å². The minimum Gasteiger partial charge on any atom is -0.457 e. The fraction of sp³-hybridized carbons (Fsp3) is 0.320. The van der Waals surface area contributed by atoms with Gasteiger partial charge in [-0.05, 0) is 43.2 Å². The summed E-state index contributed by atoms with van der Waals surface area (Å²) in [5.74, 6) is 1.19. The molecule has 1 saturated carbocycles. The normalized spacial score (nSPS) is 24.1. The van der Waals surface area contributed by atoms with Gasteiger partial charge in [-0.1, -0.05) is 43.7 Å². The second kappa shape index (κ2) is 7.72. The molecule has 0 radical (unpaired) electrons. The van der Waals surface area contributed by atoms with Crippen molar-refractivity contribution in [1.29, 1.82) is 5.26 Å². The van der Waals surface area contributed by atoms with Crippen molar-refractivity contribution in [3.8, 4) is 28.9 Å². The molecule has 1 aromatic heterocycles. The summed E-state index contributed by atoms with van der Waals surface area (Å²) < 4.78 is 6.05. The molecule has 2 fully saturated rings. The maximum Gasteiger partial charge on any atom is 0.272 e. The van der Waals surface area contributed by atoms with Crippen LogP contribution >= 0.6 is 0 Å². The lowest BCUT2D eigenvalue weighted by molar-refractivity contribution is 0.0844. The number of hydrogen-bond acceptors (Lipinski definition) is 5. The van der Waals surface area contributed by atoms with Gasteiger partial charge in [0, 0.05) is 17.5 Å². The molecule has 1 aliphatic carbocycles. The number of nitriles is 1. The van der Waals surface area contributed by atoms with Crippen molar-refractivity contribution in [3.05, 3.63) is 66.4 Å². The summed E-state index contributed by atoms with van der Waals surface area (Å²) in [7, 11) is 0. The third-order valence-electron chi connectivity index (χ3n) is 6.94. The van der Waals surface area contributed by atoms with E-state index >= 15 is 0 Å². The number of amides is 1. The van der Waals surface area contributed by atoms with Gasteiger partial charge in [0.2, 0.25) is 0 Å². The largest absolute Gasteiger partial charge is 0.457 e. The number of benzene rings is 2. The number of aromatic nitrogens is 2. The maximum atomic E-state index is 13.2. The molecule has 7 nitrogen and oxygen atoms in total. The lowest BCUT2D eigenvalue weighted by Crippen LogP contribution is -2.56. The minimum atomic E-state index is -0.396. The van der Waals surface area contributed by atoms with Crippen molar-refractivity contribution in [2.24, 2.45) is 5.41 Å². The number of aromatic amines is 1. The van der Waals surface area contributed by atoms with E-state index < -0.39 is 5.54 Å². The molecule has 162 valence electrons. The second-order valence-corrected chi connectivity index (χ2v) is 8.98. The molecule has 5 rings (SSSR count). The lowest BCUT2D eigenvalue weighted by atomic mass is 9.76. The van der Waals surface area contributed by atoms with Gasteiger partial charge in [-0.2, -0.15) is 10.4 Å². The maximum absolute atomic E-state index is 13.2. The fourth-order valence-corrected chi connectivity index (χ4v) is 5.20. The summed E-state index contributed by atoms with van der Waals surface area (Å²) in [5.41, 5.74) is 1.36. The van der Waals surface area contributed by atoms with Crippen molar-refractivity contribution in [2.75, 3.05) is 13.1 Å². The minimum absolute atomic E-state index is 0.104. The number of hydrogen-bond donors (Lipinski definition) is 2. The number of nitrogens with one attached hydrogen (secondary N) is 2. The van der Waals surface area contributed by atoms with Gasteiger partial charge in [0.25, 0.3) is 5.91 Å². The predicted octanol–water partition coefficient (Wildman–Crippen LogP) is 4.32. The highest BCUT2D eigenvalue weighted by molar-refractivity contribution is 5.94. The average Bonchev–Trinajstić information content (AvgIpc) is 3.46. The molecular formula is C25H25N5O2. The zero-order valence-corrected chi connectivity index (χ0v) is 18.0. The van der Waals surface area contributed by atoms with Gasteiger partial charge in [0.05, 0.1) is 17.8 Å². The number of para-hydroxylation sites is 2. The molecule has 1 amide bonds. The van der Waals surface area contributed by atoms with Crippen LogP contribution in [-0.2, 0) is 0 Å². The topological polar surface area (TPSA) is 94.0 Å². The van der Waals surface area contributed by atoms with Crippen molar-refractivity contribution in [2.45, 2.75) is 31.7 Å². The van der Waals surface area contributed by atoms with Crippen molar-refractivity contribution >= 4 is 5.91 Å². The molecule has 2 heterocycles. The van der Waals surface area contributed by atoms with Crippen LogP contribution in [0.5, 0.6) is 11.5 Å². The second-order valence-electron chi connectivity index (χ2n) is 8.98. The van der Waals surface area contributed by atoms with Crippen LogP contribution in [-0.4, -0.2) is 39.6 Å². The third-order valence-corrected chi connectivity index (χ3v) is 6.94. The highest BCUT2D eigenvalue weighted by Gasteiger charge is 2.58. The Hall–Kier alpha value is -3.79. The molecule has 3 aromatic rings. The average molecular weight is 428 g/mol. The molecular weight excluding hydrogens is 402 g/mol. The first-order valence-electron chi connectivity index (χ1n) is 10.9. The van der Waals surface area contributed by atoms with Crippen molar-refractivity contribution in [1.82, 2.24) is 20.4 Å². The fourth-order valence-electron chi connectivity index (χ4n) is 5.20. The standard InChI is InChI=1S/C25H25N5O2/c1-24-12-7-13-25(24,16-30(15-24)17-26)27-23(31)21-14-20(28-29-21)19-10-5-6-11-22(19)32-18-8-3-2-4-9-18/h2-6,8-11,14H,7,12-13,15-16H2,1H3,(H,27,31)(H,28,29)/t24-,25-/m1/s1. The first kappa shape index (κ1) is 20.1. The van der Waals surface area contributed by atoms with Gasteiger partial charge in [0.15, 0.2) is 11.9 Å². The monoisotopic (exact) mass is 427 g/mol. The number of nitrogens with zero attached hydrogens (tertiary/aromatic N) is 3. The SMILES string of the molecule is C[C@]12CCC[C@@]1(NC(=O)c1cc(-c3ccccc3Oc3ccccc3)[nH]n1)CN(C#N)C2. The van der Waals surface area contributed by atoms with E-state index in [0.717, 1.165) is 30.6 Å². The van der Waals surface area contributed by atoms with Crippen LogP contribution in [0.3, 0.4) is 0 Å². The lowest BCUT2D eigenvalue weighted by Gasteiger charge is -2.36. The van der Waals surface area contributed by atoms with E-state index in [4.69, 9.17) is 4.74 Å². The van der Waals surface area contributed by atoms with Crippen LogP contribution in [0.15, 0.2) is 60.7 Å². The van der Waals surface area contributed by atoms with Gasteiger partial charge in [-0.3, -0.25) is 9.89 Å². The summed E-state index contributed by atoms with van der Waals surface area (Å²) in [6.07, 6.45) is 5.18. The highest BCUT2D eigenvalue weighted by Crippen LogP contribution is 2.51. The molecule has 2 N–H and O–H groups in total. The summed E-state index contributed by atoms with van der Waals surface area (Å²) in [6.45, 7) is 3.40. The zero-order valence-electron chi connectivity index (χ0n) is 18.0. The molecule has 7 heteroatoms. The molecule has 0 unspecified atom stereocenters. The van der Waals surface area contributed by atoms with E-state index in [1.165, 1.54) is 0 Å². The number of rotatable bonds is 5. The molecule has 2 atom stereocenters. The van der Waals surface area contributed by atoms with E-state index in [2.05, 4.69) is 28.6 Å². The summed E-state index contributed by atoms with van der Waals surface area (Å²) in [6, 6.07) is 19.0. The zero-order chi connectivity index (χ0) is 22.2. The predicted molar refractivity (Wildman–Crippen MR) is 120 cm³/mol. The molecule has 1 saturated heterocycles. The molecule has 1 aliphatic heterocycles. The Balaban J connectivity index is 1.38. The first-order chi connectivity index (χ1) is 15.5. The summed E-state index contributed by atoms with van der Waals surface area (Å²) in [5, 5.41) is 19.9. The first-order valence-corrected chi connectivity index (χ1v) is 10.9. The number of carbonyl (C=O) groups is 1. The van der Waals surface area contributed by atoms with Gasteiger partial charge in [-0.25, -0.2) is 0 Å². The van der Waals surface area contributed by atoms with E-state index in [1.54, 1.807) is 11.0 Å². The van der Waals surface area contributed by atoms with Crippen LogP contribution in [0.25, 0.3) is 11.3 Å². The van der Waals surface area contributed by atoms with Gasteiger partial charge in [0.1, 0.15) is 11.5 Å². The van der Waals surface area contributed by atoms with Crippen molar-refractivity contribution < 1.29 is 9.53 Å². The molecule has 2 aliphatic rings. The van der Waals surface area contributed by atoms with E-state index in [1.807, 2.05) is 54.6 Å². The molecule has 0 spiro atoms. The Bertz CT molecular complexity index is 1180. The third kappa shape index (κ3) is 3.38. The summed E-state index contributed by atoms with van der Waals surface area (Å²) >= 11 is 0. The van der Waals surface area contributed by atoms with Crippen LogP contribution < -0.4 is 10.1 Å². The molecule has 0 bridgehead atoms. The molecule has 2 aromatic carbocycles. The number of ether oxygens (including phenoxy) is 1. The van der Waals surface area contributed by atoms with Crippen molar-refractivity contribution in [3.63, 3.8) is 0 Å². The van der Waals surface area contributed by atoms with Crippen LogP contribution in [0.4, 0.5) is 0 Å². The molecule has 32 heavy (non-hydrogen) atoms. The Morgan fingerprint density at radius 2 is 1.94 bits per heavy atom. The Morgan fingerprint density at radius 1 is 1.16 bits per heavy atom. The number of likely N-dealkylation sites (tertiary alicyclic amines) is 1. The Labute approximate surface area is 187 Å². The Kier molecular flexibility index (Phi) is 4.86. The van der Waals surface area contributed by atoms with Gasteiger partial charge < -0.3 is 15.0 Å². The number of H-pyrrole nitrogens is 1. The number of carbonyl (C=O) groups excluding carboxylic acids is 1. The number of fused-ring (bicyclic) bond motifs is 1. The summed E-state index contributed by atoms with van der Waals surface area (Å²) in [4.78, 5) is 14.9. The van der Waals surface area contributed by atoms with Gasteiger partial charge >= 0.3 is 0 Å². The van der Waals surface area contributed by atoms with Crippen LogP contribution in [0.1, 0.15) is 36.7 Å². The smallest absolute Gasteiger partial charge is 0.272 e. The Morgan fingerprint density at radius 3 is 2.75 bits per heavy atom. The van der Waals surface area contributed by atoms with E-state index in [9.17, 15) is 10.1 Å². The van der Waals surface area contributed by atoms with E-state index in [-0.39, 0.29) is 11.3 Å².